The molecule has 2 aromatic rings. The smallest absolute Gasteiger partial charge is 0.195 e. The van der Waals surface area contributed by atoms with E-state index in [1.807, 2.05) is 6.07 Å². The van der Waals surface area contributed by atoms with Gasteiger partial charge in [-0.2, -0.15) is 0 Å². The van der Waals surface area contributed by atoms with Gasteiger partial charge >= 0.3 is 0 Å². The molecule has 17 heavy (non-hydrogen) atoms. The first-order valence-corrected chi connectivity index (χ1v) is 6.42. The van der Waals surface area contributed by atoms with Crippen molar-refractivity contribution in [2.24, 2.45) is 0 Å². The van der Waals surface area contributed by atoms with Crippen molar-refractivity contribution in [2.75, 3.05) is 0 Å². The molecule has 0 N–H and O–H groups in total. The molecule has 1 nitrogen and oxygen atoms in total. The molecule has 0 aliphatic heterocycles. The summed E-state index contributed by atoms with van der Waals surface area (Å²) in [5, 5.41) is 0. The lowest BCUT2D eigenvalue weighted by atomic mass is 10.0. The van der Waals surface area contributed by atoms with E-state index in [0.29, 0.717) is 20.1 Å². The third-order valence-electron chi connectivity index (χ3n) is 2.27. The molecule has 0 atom stereocenters. The minimum atomic E-state index is -0.395. The van der Waals surface area contributed by atoms with Crippen LogP contribution in [-0.4, -0.2) is 5.78 Å². The predicted octanol–water partition coefficient (Wildman–Crippen LogP) is 4.58. The Bertz CT molecular complexity index is 544. The number of ketones is 1. The first-order chi connectivity index (χ1) is 8.09. The van der Waals surface area contributed by atoms with Crippen molar-refractivity contribution >= 4 is 37.6 Å². The van der Waals surface area contributed by atoms with Gasteiger partial charge in [0, 0.05) is 14.5 Å². The molecule has 0 saturated carbocycles. The molecule has 4 heteroatoms. The normalized spacial score (nSPS) is 10.3. The summed E-state index contributed by atoms with van der Waals surface area (Å²) >= 11 is 6.41. The van der Waals surface area contributed by atoms with Gasteiger partial charge in [0.15, 0.2) is 5.78 Å². The number of carbonyl (C=O) groups is 1. The number of halogens is 3. The van der Waals surface area contributed by atoms with E-state index >= 15 is 0 Å². The van der Waals surface area contributed by atoms with Gasteiger partial charge in [-0.05, 0) is 44.0 Å². The molecule has 0 aliphatic carbocycles. The molecule has 0 saturated heterocycles. The van der Waals surface area contributed by atoms with Crippen LogP contribution in [0, 0.1) is 5.82 Å². The average molecular weight is 358 g/mol. The van der Waals surface area contributed by atoms with Crippen molar-refractivity contribution in [1.82, 2.24) is 0 Å². The van der Waals surface area contributed by atoms with Crippen LogP contribution >= 0.6 is 31.9 Å². The van der Waals surface area contributed by atoms with Gasteiger partial charge in [0.05, 0.1) is 5.56 Å². The predicted molar refractivity (Wildman–Crippen MR) is 71.7 cm³/mol. The molecular weight excluding hydrogens is 351 g/mol. The zero-order chi connectivity index (χ0) is 12.4. The molecular formula is C13H7Br2FO. The summed E-state index contributed by atoms with van der Waals surface area (Å²) in [6, 6.07) is 11.4. The third-order valence-corrected chi connectivity index (χ3v) is 3.52. The monoisotopic (exact) mass is 356 g/mol. The summed E-state index contributed by atoms with van der Waals surface area (Å²) in [4.78, 5) is 12.2. The van der Waals surface area contributed by atoms with Crippen molar-refractivity contribution < 1.29 is 9.18 Å². The Morgan fingerprint density at radius 1 is 1.00 bits per heavy atom. The van der Waals surface area contributed by atoms with Crippen molar-refractivity contribution in [3.05, 3.63) is 68.4 Å². The Kier molecular flexibility index (Phi) is 3.74. The van der Waals surface area contributed by atoms with Crippen molar-refractivity contribution in [1.29, 1.82) is 0 Å². The first-order valence-electron chi connectivity index (χ1n) is 4.84. The second-order valence-electron chi connectivity index (χ2n) is 3.44. The lowest BCUT2D eigenvalue weighted by Gasteiger charge is -2.06. The van der Waals surface area contributed by atoms with Gasteiger partial charge in [0.1, 0.15) is 5.82 Å². The molecule has 0 fully saturated rings. The first kappa shape index (κ1) is 12.5. The van der Waals surface area contributed by atoms with Crippen LogP contribution in [0.5, 0.6) is 0 Å². The topological polar surface area (TPSA) is 17.1 Å². The van der Waals surface area contributed by atoms with Crippen LogP contribution in [0.15, 0.2) is 51.4 Å². The second-order valence-corrected chi connectivity index (χ2v) is 5.15. The maximum atomic E-state index is 13.1. The van der Waals surface area contributed by atoms with Gasteiger partial charge in [0.2, 0.25) is 0 Å². The quantitative estimate of drug-likeness (QED) is 0.719. The molecule has 0 heterocycles. The fourth-order valence-electron chi connectivity index (χ4n) is 1.49. The number of carbonyl (C=O) groups excluding carboxylic acids is 1. The minimum Gasteiger partial charge on any atom is -0.289 e. The summed E-state index contributed by atoms with van der Waals surface area (Å²) < 4.78 is 14.0. The van der Waals surface area contributed by atoms with Gasteiger partial charge in [0.25, 0.3) is 0 Å². The van der Waals surface area contributed by atoms with Gasteiger partial charge < -0.3 is 0 Å². The lowest BCUT2D eigenvalue weighted by molar-refractivity contribution is 0.103. The summed E-state index contributed by atoms with van der Waals surface area (Å²) in [7, 11) is 0. The molecule has 2 rings (SSSR count). The molecule has 0 spiro atoms. The van der Waals surface area contributed by atoms with Gasteiger partial charge in [-0.1, -0.05) is 30.3 Å². The van der Waals surface area contributed by atoms with E-state index < -0.39 is 5.82 Å². The molecule has 0 aromatic heterocycles. The van der Waals surface area contributed by atoms with E-state index in [1.165, 1.54) is 12.1 Å². The van der Waals surface area contributed by atoms with E-state index in [-0.39, 0.29) is 5.78 Å². The Morgan fingerprint density at radius 2 is 1.53 bits per heavy atom. The fraction of sp³-hybridized carbons (Fsp3) is 0. The van der Waals surface area contributed by atoms with E-state index in [1.54, 1.807) is 24.3 Å². The highest BCUT2D eigenvalue weighted by Gasteiger charge is 2.16. The molecule has 86 valence electrons. The summed E-state index contributed by atoms with van der Waals surface area (Å²) in [5.41, 5.74) is 0.998. The average Bonchev–Trinajstić information content (AvgIpc) is 2.28. The largest absolute Gasteiger partial charge is 0.289 e. The van der Waals surface area contributed by atoms with Crippen LogP contribution in [0.2, 0.25) is 0 Å². The second kappa shape index (κ2) is 5.10. The van der Waals surface area contributed by atoms with Gasteiger partial charge in [-0.25, -0.2) is 4.39 Å². The van der Waals surface area contributed by atoms with Gasteiger partial charge in [-0.3, -0.25) is 4.79 Å². The Hall–Kier alpha value is -1.00. The highest BCUT2D eigenvalue weighted by molar-refractivity contribution is 9.11. The van der Waals surface area contributed by atoms with Gasteiger partial charge in [-0.15, -0.1) is 0 Å². The molecule has 0 bridgehead atoms. The molecule has 2 aromatic carbocycles. The van der Waals surface area contributed by atoms with E-state index in [4.69, 9.17) is 0 Å². The van der Waals surface area contributed by atoms with Crippen LogP contribution in [0.1, 0.15) is 15.9 Å². The Labute approximate surface area is 115 Å². The van der Waals surface area contributed by atoms with Crippen LogP contribution in [-0.2, 0) is 0 Å². The van der Waals surface area contributed by atoms with Crippen molar-refractivity contribution in [3.8, 4) is 0 Å². The molecule has 0 radical (unpaired) electrons. The van der Waals surface area contributed by atoms with Crippen LogP contribution in [0.4, 0.5) is 4.39 Å². The summed E-state index contributed by atoms with van der Waals surface area (Å²) in [5.74, 6) is -0.544. The zero-order valence-electron chi connectivity index (χ0n) is 8.58. The highest BCUT2D eigenvalue weighted by Crippen LogP contribution is 2.29. The maximum Gasteiger partial charge on any atom is 0.195 e. The summed E-state index contributed by atoms with van der Waals surface area (Å²) in [6.45, 7) is 0. The minimum absolute atomic E-state index is 0.149. The summed E-state index contributed by atoms with van der Waals surface area (Å²) in [6.07, 6.45) is 0. The maximum absolute atomic E-state index is 13.1. The number of hydrogen-bond donors (Lipinski definition) is 0. The molecule has 0 aliphatic rings. The Balaban J connectivity index is 2.52. The number of rotatable bonds is 2. The van der Waals surface area contributed by atoms with E-state index in [0.717, 1.165) is 0 Å². The standard InChI is InChI=1S/C13H7Br2FO/c14-10-6-9(16)7-11(15)12(10)13(17)8-4-2-1-3-5-8/h1-7H. The molecule has 0 amide bonds. The van der Waals surface area contributed by atoms with Crippen LogP contribution in [0.25, 0.3) is 0 Å². The Morgan fingerprint density at radius 3 is 2.06 bits per heavy atom. The number of benzene rings is 2. The lowest BCUT2D eigenvalue weighted by Crippen LogP contribution is -2.03. The van der Waals surface area contributed by atoms with Crippen molar-refractivity contribution in [3.63, 3.8) is 0 Å². The fourth-order valence-corrected chi connectivity index (χ4v) is 2.98. The van der Waals surface area contributed by atoms with Crippen LogP contribution < -0.4 is 0 Å². The molecule has 0 unspecified atom stereocenters. The van der Waals surface area contributed by atoms with Crippen LogP contribution in [0.3, 0.4) is 0 Å². The number of hydrogen-bond acceptors (Lipinski definition) is 1. The third kappa shape index (κ3) is 2.64. The van der Waals surface area contributed by atoms with E-state index in [2.05, 4.69) is 31.9 Å². The van der Waals surface area contributed by atoms with Crippen molar-refractivity contribution in [2.45, 2.75) is 0 Å². The zero-order valence-corrected chi connectivity index (χ0v) is 11.8. The van der Waals surface area contributed by atoms with E-state index in [9.17, 15) is 9.18 Å². The highest BCUT2D eigenvalue weighted by atomic mass is 79.9. The SMILES string of the molecule is O=C(c1ccccc1)c1c(Br)cc(F)cc1Br.